The number of para-hydroxylation sites is 1. The van der Waals surface area contributed by atoms with Gasteiger partial charge in [-0.15, -0.1) is 0 Å². The summed E-state index contributed by atoms with van der Waals surface area (Å²) >= 11 is 3.49. The normalized spacial score (nSPS) is 10.3. The quantitative estimate of drug-likeness (QED) is 0.938. The first-order valence-corrected chi connectivity index (χ1v) is 6.17. The number of methoxy groups -OCH3 is 1. The average molecular weight is 292 g/mol. The van der Waals surface area contributed by atoms with E-state index in [4.69, 9.17) is 10.5 Å². The summed E-state index contributed by atoms with van der Waals surface area (Å²) in [6.07, 6.45) is 0. The lowest BCUT2D eigenvalue weighted by Gasteiger charge is -2.11. The summed E-state index contributed by atoms with van der Waals surface area (Å²) in [5.41, 5.74) is 8.96. The lowest BCUT2D eigenvalue weighted by atomic mass is 10.0. The first-order valence-electron chi connectivity index (χ1n) is 5.38. The zero-order valence-corrected chi connectivity index (χ0v) is 11.2. The molecule has 0 radical (unpaired) electrons. The molecule has 0 fully saturated rings. The summed E-state index contributed by atoms with van der Waals surface area (Å²) in [7, 11) is 1.68. The number of ether oxygens (including phenoxy) is 1. The summed E-state index contributed by atoms with van der Waals surface area (Å²) in [5.74, 6) is 0.849. The van der Waals surface area contributed by atoms with Crippen LogP contribution in [0, 0.1) is 0 Å². The van der Waals surface area contributed by atoms with E-state index in [1.807, 2.05) is 30.3 Å². The summed E-state index contributed by atoms with van der Waals surface area (Å²) in [6.45, 7) is 0.546. The van der Waals surface area contributed by atoms with E-state index in [1.165, 1.54) is 0 Å². The molecule has 2 aromatic rings. The fourth-order valence-electron chi connectivity index (χ4n) is 1.81. The monoisotopic (exact) mass is 291 g/mol. The highest BCUT2D eigenvalue weighted by Gasteiger charge is 2.08. The zero-order chi connectivity index (χ0) is 12.3. The lowest BCUT2D eigenvalue weighted by molar-refractivity contribution is 0.414. The van der Waals surface area contributed by atoms with E-state index in [0.29, 0.717) is 6.54 Å². The van der Waals surface area contributed by atoms with Crippen LogP contribution in [-0.4, -0.2) is 7.11 Å². The van der Waals surface area contributed by atoms with Crippen molar-refractivity contribution in [3.63, 3.8) is 0 Å². The van der Waals surface area contributed by atoms with E-state index in [1.54, 1.807) is 7.11 Å². The Balaban J connectivity index is 2.55. The molecule has 2 rings (SSSR count). The van der Waals surface area contributed by atoms with Crippen molar-refractivity contribution in [1.29, 1.82) is 0 Å². The minimum absolute atomic E-state index is 0.546. The van der Waals surface area contributed by atoms with Crippen LogP contribution < -0.4 is 10.5 Å². The summed E-state index contributed by atoms with van der Waals surface area (Å²) in [6, 6.07) is 14.2. The van der Waals surface area contributed by atoms with Crippen LogP contribution in [0.1, 0.15) is 5.56 Å². The molecule has 0 heterocycles. The van der Waals surface area contributed by atoms with Gasteiger partial charge in [-0.1, -0.05) is 30.3 Å². The van der Waals surface area contributed by atoms with Gasteiger partial charge in [0.1, 0.15) is 5.75 Å². The number of halogens is 1. The van der Waals surface area contributed by atoms with Crippen molar-refractivity contribution in [2.75, 3.05) is 7.11 Å². The molecule has 17 heavy (non-hydrogen) atoms. The van der Waals surface area contributed by atoms with Crippen LogP contribution in [0.15, 0.2) is 46.9 Å². The van der Waals surface area contributed by atoms with Crippen molar-refractivity contribution in [1.82, 2.24) is 0 Å². The van der Waals surface area contributed by atoms with E-state index >= 15 is 0 Å². The SMILES string of the molecule is COc1c(Br)cccc1-c1cccc(CN)c1. The van der Waals surface area contributed by atoms with Crippen molar-refractivity contribution < 1.29 is 4.74 Å². The van der Waals surface area contributed by atoms with Gasteiger partial charge in [-0.3, -0.25) is 0 Å². The van der Waals surface area contributed by atoms with Crippen LogP contribution >= 0.6 is 15.9 Å². The molecule has 0 aliphatic heterocycles. The number of benzene rings is 2. The Morgan fingerprint density at radius 3 is 2.65 bits per heavy atom. The Labute approximate surface area is 110 Å². The highest BCUT2D eigenvalue weighted by Crippen LogP contribution is 2.36. The van der Waals surface area contributed by atoms with Gasteiger partial charge in [0.2, 0.25) is 0 Å². The lowest BCUT2D eigenvalue weighted by Crippen LogP contribution is -1.96. The second-order valence-electron chi connectivity index (χ2n) is 3.73. The van der Waals surface area contributed by atoms with Gasteiger partial charge >= 0.3 is 0 Å². The molecule has 3 heteroatoms. The Bertz CT molecular complexity index is 525. The van der Waals surface area contributed by atoms with E-state index < -0.39 is 0 Å². The number of hydrogen-bond acceptors (Lipinski definition) is 2. The van der Waals surface area contributed by atoms with Crippen LogP contribution in [0.25, 0.3) is 11.1 Å². The molecular formula is C14H14BrNO. The van der Waals surface area contributed by atoms with E-state index in [-0.39, 0.29) is 0 Å². The minimum Gasteiger partial charge on any atom is -0.495 e. The molecule has 0 spiro atoms. The summed E-state index contributed by atoms with van der Waals surface area (Å²) in [5, 5.41) is 0. The Kier molecular flexibility index (Phi) is 3.82. The largest absolute Gasteiger partial charge is 0.495 e. The molecule has 2 N–H and O–H groups in total. The van der Waals surface area contributed by atoms with Crippen molar-refractivity contribution in [3.8, 4) is 16.9 Å². The molecule has 88 valence electrons. The standard InChI is InChI=1S/C14H14BrNO/c1-17-14-12(6-3-7-13(14)15)11-5-2-4-10(8-11)9-16/h2-8H,9,16H2,1H3. The zero-order valence-electron chi connectivity index (χ0n) is 9.61. The third-order valence-electron chi connectivity index (χ3n) is 2.64. The van der Waals surface area contributed by atoms with Gasteiger partial charge in [0.15, 0.2) is 0 Å². The second-order valence-corrected chi connectivity index (χ2v) is 4.58. The maximum absolute atomic E-state index is 5.66. The van der Waals surface area contributed by atoms with E-state index in [0.717, 1.165) is 26.9 Å². The molecule has 0 amide bonds. The summed E-state index contributed by atoms with van der Waals surface area (Å²) < 4.78 is 6.38. The predicted molar refractivity (Wildman–Crippen MR) is 74.0 cm³/mol. The molecule has 0 aromatic heterocycles. The smallest absolute Gasteiger partial charge is 0.140 e. The van der Waals surface area contributed by atoms with Crippen molar-refractivity contribution in [3.05, 3.63) is 52.5 Å². The molecular weight excluding hydrogens is 278 g/mol. The third kappa shape index (κ3) is 2.51. The number of nitrogens with two attached hydrogens (primary N) is 1. The van der Waals surface area contributed by atoms with Crippen LogP contribution in [0.3, 0.4) is 0 Å². The first-order chi connectivity index (χ1) is 8.26. The van der Waals surface area contributed by atoms with Gasteiger partial charge < -0.3 is 10.5 Å². The molecule has 0 saturated heterocycles. The molecule has 2 aromatic carbocycles. The number of rotatable bonds is 3. The maximum atomic E-state index is 5.66. The van der Waals surface area contributed by atoms with Gasteiger partial charge in [0.05, 0.1) is 11.6 Å². The van der Waals surface area contributed by atoms with Crippen molar-refractivity contribution in [2.45, 2.75) is 6.54 Å². The molecule has 0 atom stereocenters. The third-order valence-corrected chi connectivity index (χ3v) is 3.27. The molecule has 2 nitrogen and oxygen atoms in total. The Hall–Kier alpha value is -1.32. The van der Waals surface area contributed by atoms with Gasteiger partial charge in [0, 0.05) is 12.1 Å². The van der Waals surface area contributed by atoms with Crippen molar-refractivity contribution >= 4 is 15.9 Å². The molecule has 0 unspecified atom stereocenters. The predicted octanol–water partition coefficient (Wildman–Crippen LogP) is 3.58. The highest BCUT2D eigenvalue weighted by molar-refractivity contribution is 9.10. The Morgan fingerprint density at radius 1 is 1.18 bits per heavy atom. The van der Waals surface area contributed by atoms with Gasteiger partial charge in [-0.05, 0) is 39.2 Å². The van der Waals surface area contributed by atoms with E-state index in [9.17, 15) is 0 Å². The Morgan fingerprint density at radius 2 is 1.94 bits per heavy atom. The first kappa shape index (κ1) is 12.1. The molecule has 0 saturated carbocycles. The average Bonchev–Trinajstić information content (AvgIpc) is 2.38. The second kappa shape index (κ2) is 5.34. The van der Waals surface area contributed by atoms with E-state index in [2.05, 4.69) is 28.1 Å². The topological polar surface area (TPSA) is 35.2 Å². The van der Waals surface area contributed by atoms with Crippen molar-refractivity contribution in [2.24, 2.45) is 5.73 Å². The summed E-state index contributed by atoms with van der Waals surface area (Å²) in [4.78, 5) is 0. The van der Waals surface area contributed by atoms with Crippen LogP contribution in [0.4, 0.5) is 0 Å². The molecule has 0 aliphatic rings. The molecule has 0 aliphatic carbocycles. The minimum atomic E-state index is 0.546. The van der Waals surface area contributed by atoms with Gasteiger partial charge in [-0.2, -0.15) is 0 Å². The molecule has 0 bridgehead atoms. The van der Waals surface area contributed by atoms with Gasteiger partial charge in [-0.25, -0.2) is 0 Å². The fraction of sp³-hybridized carbons (Fsp3) is 0.143. The van der Waals surface area contributed by atoms with Crippen LogP contribution in [0.2, 0.25) is 0 Å². The highest BCUT2D eigenvalue weighted by atomic mass is 79.9. The van der Waals surface area contributed by atoms with Crippen LogP contribution in [-0.2, 0) is 6.54 Å². The maximum Gasteiger partial charge on any atom is 0.140 e. The van der Waals surface area contributed by atoms with Gasteiger partial charge in [0.25, 0.3) is 0 Å². The number of hydrogen-bond donors (Lipinski definition) is 1. The fourth-order valence-corrected chi connectivity index (χ4v) is 2.34. The van der Waals surface area contributed by atoms with Crippen LogP contribution in [0.5, 0.6) is 5.75 Å².